The molecule has 2 aromatic heterocycles. The van der Waals surface area contributed by atoms with E-state index in [0.717, 1.165) is 22.1 Å². The maximum Gasteiger partial charge on any atom is 0.267 e. The molecule has 0 saturated carbocycles. The maximum absolute atomic E-state index is 10.8. The first-order valence-electron chi connectivity index (χ1n) is 7.61. The van der Waals surface area contributed by atoms with Crippen molar-refractivity contribution < 1.29 is 4.79 Å². The van der Waals surface area contributed by atoms with Gasteiger partial charge in [-0.25, -0.2) is 4.98 Å². The Kier molecular flexibility index (Phi) is 4.47. The fraction of sp³-hybridized carbons (Fsp3) is 0.0500. The molecule has 4 heteroatoms. The van der Waals surface area contributed by atoms with E-state index in [0.29, 0.717) is 5.69 Å². The predicted octanol–water partition coefficient (Wildman–Crippen LogP) is 3.88. The lowest BCUT2D eigenvalue weighted by Crippen LogP contribution is -2.12. The maximum atomic E-state index is 10.8. The Bertz CT molecular complexity index is 1010. The van der Waals surface area contributed by atoms with Crippen molar-refractivity contribution in [3.05, 3.63) is 84.2 Å². The smallest absolute Gasteiger partial charge is 0.267 e. The van der Waals surface area contributed by atoms with Gasteiger partial charge in [0, 0.05) is 16.5 Å². The number of primary amides is 1. The fourth-order valence-corrected chi connectivity index (χ4v) is 2.37. The quantitative estimate of drug-likeness (QED) is 0.579. The molecule has 1 amide bonds. The second kappa shape index (κ2) is 6.87. The van der Waals surface area contributed by atoms with Gasteiger partial charge in [-0.3, -0.25) is 9.78 Å². The van der Waals surface area contributed by atoms with Crippen LogP contribution in [0.25, 0.3) is 21.8 Å². The van der Waals surface area contributed by atoms with Gasteiger partial charge in [-0.1, -0.05) is 48.5 Å². The Morgan fingerprint density at radius 2 is 1.29 bits per heavy atom. The van der Waals surface area contributed by atoms with Gasteiger partial charge in [-0.15, -0.1) is 0 Å². The molecule has 24 heavy (non-hydrogen) atoms. The fourth-order valence-electron chi connectivity index (χ4n) is 2.37. The molecule has 2 N–H and O–H groups in total. The predicted molar refractivity (Wildman–Crippen MR) is 96.7 cm³/mol. The topological polar surface area (TPSA) is 68.9 Å². The minimum Gasteiger partial charge on any atom is -0.364 e. The number of carbonyl (C=O) groups is 1. The molecule has 0 saturated heterocycles. The van der Waals surface area contributed by atoms with E-state index in [2.05, 4.69) is 22.1 Å². The van der Waals surface area contributed by atoms with Crippen molar-refractivity contribution >= 4 is 27.7 Å². The molecular weight excluding hydrogens is 298 g/mol. The van der Waals surface area contributed by atoms with E-state index >= 15 is 0 Å². The van der Waals surface area contributed by atoms with Gasteiger partial charge >= 0.3 is 0 Å². The molecule has 0 atom stereocenters. The number of nitrogens with zero attached hydrogens (tertiary/aromatic N) is 2. The van der Waals surface area contributed by atoms with Gasteiger partial charge in [0.1, 0.15) is 5.69 Å². The van der Waals surface area contributed by atoms with Crippen LogP contribution in [0.4, 0.5) is 0 Å². The van der Waals surface area contributed by atoms with Crippen molar-refractivity contribution in [2.24, 2.45) is 5.73 Å². The second-order valence-corrected chi connectivity index (χ2v) is 5.40. The molecule has 118 valence electrons. The zero-order valence-electron chi connectivity index (χ0n) is 13.3. The summed E-state index contributed by atoms with van der Waals surface area (Å²) in [5.41, 5.74) is 8.35. The van der Waals surface area contributed by atoms with Crippen LogP contribution in [0.2, 0.25) is 0 Å². The van der Waals surface area contributed by atoms with E-state index < -0.39 is 5.91 Å². The lowest BCUT2D eigenvalue weighted by atomic mass is 10.2. The highest BCUT2D eigenvalue weighted by molar-refractivity contribution is 5.93. The highest BCUT2D eigenvalue weighted by Gasteiger charge is 2.01. The minimum absolute atomic E-state index is 0.304. The first kappa shape index (κ1) is 15.6. The molecule has 0 spiro atoms. The van der Waals surface area contributed by atoms with Gasteiger partial charge in [0.25, 0.3) is 5.91 Å². The third kappa shape index (κ3) is 3.55. The SMILES string of the molecule is Cc1ccc2ccccc2n1.NC(=O)c1ccc2ccccc2n1. The number of benzene rings is 2. The van der Waals surface area contributed by atoms with Gasteiger partial charge in [-0.2, -0.15) is 0 Å². The number of para-hydroxylation sites is 2. The van der Waals surface area contributed by atoms with E-state index in [1.165, 1.54) is 5.39 Å². The summed E-state index contributed by atoms with van der Waals surface area (Å²) in [4.78, 5) is 19.3. The van der Waals surface area contributed by atoms with E-state index in [-0.39, 0.29) is 0 Å². The number of aryl methyl sites for hydroxylation is 1. The molecule has 0 fully saturated rings. The van der Waals surface area contributed by atoms with E-state index in [1.807, 2.05) is 61.5 Å². The van der Waals surface area contributed by atoms with Crippen molar-refractivity contribution in [3.63, 3.8) is 0 Å². The molecule has 0 radical (unpaired) electrons. The molecular formula is C20H17N3O. The van der Waals surface area contributed by atoms with E-state index in [1.54, 1.807) is 6.07 Å². The zero-order valence-corrected chi connectivity index (χ0v) is 13.3. The van der Waals surface area contributed by atoms with Crippen LogP contribution in [0, 0.1) is 6.92 Å². The van der Waals surface area contributed by atoms with Crippen LogP contribution in [0.1, 0.15) is 16.2 Å². The van der Waals surface area contributed by atoms with Crippen LogP contribution < -0.4 is 5.73 Å². The van der Waals surface area contributed by atoms with Crippen LogP contribution >= 0.6 is 0 Å². The Labute approximate surface area is 140 Å². The summed E-state index contributed by atoms with van der Waals surface area (Å²) in [7, 11) is 0. The van der Waals surface area contributed by atoms with Crippen molar-refractivity contribution in [1.29, 1.82) is 0 Å². The van der Waals surface area contributed by atoms with Crippen LogP contribution in [0.3, 0.4) is 0 Å². The average molecular weight is 315 g/mol. The first-order chi connectivity index (χ1) is 11.6. The first-order valence-corrected chi connectivity index (χ1v) is 7.61. The Balaban J connectivity index is 0.000000143. The molecule has 2 heterocycles. The second-order valence-electron chi connectivity index (χ2n) is 5.40. The Morgan fingerprint density at radius 1 is 0.750 bits per heavy atom. The number of hydrogen-bond donors (Lipinski definition) is 1. The summed E-state index contributed by atoms with van der Waals surface area (Å²) in [6, 6.07) is 23.3. The average Bonchev–Trinajstić information content (AvgIpc) is 2.61. The van der Waals surface area contributed by atoms with Gasteiger partial charge in [0.15, 0.2) is 0 Å². The molecule has 0 aliphatic carbocycles. The van der Waals surface area contributed by atoms with Crippen LogP contribution in [-0.4, -0.2) is 15.9 Å². The number of fused-ring (bicyclic) bond motifs is 2. The van der Waals surface area contributed by atoms with Crippen molar-refractivity contribution in [3.8, 4) is 0 Å². The Hall–Kier alpha value is -3.27. The molecule has 4 aromatic rings. The Morgan fingerprint density at radius 3 is 1.92 bits per heavy atom. The summed E-state index contributed by atoms with van der Waals surface area (Å²) in [5.74, 6) is -0.495. The number of pyridine rings is 2. The summed E-state index contributed by atoms with van der Waals surface area (Å²) < 4.78 is 0. The lowest BCUT2D eigenvalue weighted by Gasteiger charge is -1.97. The van der Waals surface area contributed by atoms with Gasteiger partial charge in [-0.05, 0) is 31.2 Å². The van der Waals surface area contributed by atoms with Gasteiger partial charge < -0.3 is 5.73 Å². The number of hydrogen-bond acceptors (Lipinski definition) is 3. The lowest BCUT2D eigenvalue weighted by molar-refractivity contribution is 0.0996. The van der Waals surface area contributed by atoms with Crippen LogP contribution in [-0.2, 0) is 0 Å². The molecule has 4 rings (SSSR count). The highest BCUT2D eigenvalue weighted by atomic mass is 16.1. The third-order valence-corrected chi connectivity index (χ3v) is 3.59. The molecule has 2 aromatic carbocycles. The summed E-state index contributed by atoms with van der Waals surface area (Å²) in [5, 5.41) is 2.21. The van der Waals surface area contributed by atoms with Gasteiger partial charge in [0.05, 0.1) is 11.0 Å². The number of carbonyl (C=O) groups excluding carboxylic acids is 1. The minimum atomic E-state index is -0.495. The largest absolute Gasteiger partial charge is 0.364 e. The molecule has 0 bridgehead atoms. The van der Waals surface area contributed by atoms with Crippen molar-refractivity contribution in [1.82, 2.24) is 9.97 Å². The van der Waals surface area contributed by atoms with Gasteiger partial charge in [0.2, 0.25) is 0 Å². The normalized spacial score (nSPS) is 10.2. The van der Waals surface area contributed by atoms with E-state index in [9.17, 15) is 4.79 Å². The number of rotatable bonds is 1. The summed E-state index contributed by atoms with van der Waals surface area (Å²) in [6.45, 7) is 2.01. The van der Waals surface area contributed by atoms with Crippen LogP contribution in [0.15, 0.2) is 72.8 Å². The zero-order chi connectivity index (χ0) is 16.9. The highest BCUT2D eigenvalue weighted by Crippen LogP contribution is 2.11. The molecule has 0 aliphatic heterocycles. The molecule has 0 aliphatic rings. The summed E-state index contributed by atoms with van der Waals surface area (Å²) in [6.07, 6.45) is 0. The number of amides is 1. The monoisotopic (exact) mass is 315 g/mol. The van der Waals surface area contributed by atoms with Crippen molar-refractivity contribution in [2.45, 2.75) is 6.92 Å². The third-order valence-electron chi connectivity index (χ3n) is 3.59. The summed E-state index contributed by atoms with van der Waals surface area (Å²) >= 11 is 0. The standard InChI is InChI=1S/C10H8N2O.C10H9N/c11-10(13)9-6-5-7-3-1-2-4-8(7)12-9;1-8-6-7-9-4-2-3-5-10(9)11-8/h1-6H,(H2,11,13);2-7H,1H3. The van der Waals surface area contributed by atoms with Crippen molar-refractivity contribution in [2.75, 3.05) is 0 Å². The van der Waals surface area contributed by atoms with Crippen LogP contribution in [0.5, 0.6) is 0 Å². The number of nitrogens with two attached hydrogens (primary N) is 1. The number of aromatic nitrogens is 2. The molecule has 0 unspecified atom stereocenters. The van der Waals surface area contributed by atoms with E-state index in [4.69, 9.17) is 5.73 Å². The molecule has 4 nitrogen and oxygen atoms in total.